The molecule has 0 atom stereocenters. The van der Waals surface area contributed by atoms with Gasteiger partial charge in [-0.05, 0) is 12.8 Å². The van der Waals surface area contributed by atoms with E-state index in [1.165, 1.54) is 12.8 Å². The van der Waals surface area contributed by atoms with Crippen LogP contribution in [0.2, 0.25) is 0 Å². The second-order valence-corrected chi connectivity index (χ2v) is 5.26. The summed E-state index contributed by atoms with van der Waals surface area (Å²) in [6, 6.07) is 0. The molecule has 0 spiro atoms. The van der Waals surface area contributed by atoms with Gasteiger partial charge < -0.3 is 1.43 Å². The molecule has 0 fully saturated rings. The molecule has 0 radical (unpaired) electrons. The van der Waals surface area contributed by atoms with Crippen LogP contribution in [0.15, 0.2) is 46.8 Å². The minimum atomic E-state index is -0.0386. The van der Waals surface area contributed by atoms with E-state index in [2.05, 4.69) is 36.5 Å². The average molecular weight is 168 g/mol. The van der Waals surface area contributed by atoms with Crippen molar-refractivity contribution in [3.05, 3.63) is 46.8 Å². The fraction of sp³-hybridized carbons (Fsp3) is 0.200. The van der Waals surface area contributed by atoms with Crippen LogP contribution in [0.5, 0.6) is 0 Å². The van der Waals surface area contributed by atoms with Gasteiger partial charge in [0.1, 0.15) is 0 Å². The van der Waals surface area contributed by atoms with Crippen molar-refractivity contribution in [3.8, 4) is 0 Å². The zero-order valence-electron chi connectivity index (χ0n) is 8.59. The fourth-order valence-electron chi connectivity index (χ4n) is 1.54. The zero-order chi connectivity index (χ0) is 7.52. The zero-order valence-corrected chi connectivity index (χ0v) is 9.00. The molecule has 2 aliphatic rings. The summed E-state index contributed by atoms with van der Waals surface area (Å²) in [6.07, 6.45) is 15.9. The van der Waals surface area contributed by atoms with Gasteiger partial charge in [0.2, 0.25) is 0 Å². The molecule has 0 amide bonds. The van der Waals surface area contributed by atoms with Gasteiger partial charge in [0, 0.05) is 0 Å². The molecule has 0 aliphatic heterocycles. The van der Waals surface area contributed by atoms with Gasteiger partial charge in [0.05, 0.1) is 9.52 Å². The SMILES string of the molecule is C1=CCC([SiH2]C2=CC=CC2)=C1.[H-].[Li+]. The molecule has 0 saturated carbocycles. The Bertz CT molecular complexity index is 249. The first-order valence-corrected chi connectivity index (χ1v) is 5.56. The maximum atomic E-state index is 2.30. The van der Waals surface area contributed by atoms with E-state index in [0.29, 0.717) is 0 Å². The molecule has 12 heavy (non-hydrogen) atoms. The van der Waals surface area contributed by atoms with Gasteiger partial charge in [-0.25, -0.2) is 0 Å². The van der Waals surface area contributed by atoms with Crippen LogP contribution in [0.3, 0.4) is 0 Å². The maximum absolute atomic E-state index is 2.30. The van der Waals surface area contributed by atoms with Gasteiger partial charge in [-0.15, -0.1) is 0 Å². The summed E-state index contributed by atoms with van der Waals surface area (Å²) in [4.78, 5) is 0. The summed E-state index contributed by atoms with van der Waals surface area (Å²) < 4.78 is 0. The first-order valence-electron chi connectivity index (χ1n) is 4.14. The van der Waals surface area contributed by atoms with Crippen molar-refractivity contribution in [1.82, 2.24) is 0 Å². The van der Waals surface area contributed by atoms with E-state index in [0.717, 1.165) is 0 Å². The van der Waals surface area contributed by atoms with Gasteiger partial charge in [-0.3, -0.25) is 0 Å². The molecule has 2 heteroatoms. The van der Waals surface area contributed by atoms with Crippen LogP contribution in [0, 0.1) is 0 Å². The molecule has 0 aromatic carbocycles. The van der Waals surface area contributed by atoms with Crippen LogP contribution < -0.4 is 18.9 Å². The minimum absolute atomic E-state index is 0. The molecule has 0 nitrogen and oxygen atoms in total. The van der Waals surface area contributed by atoms with Gasteiger partial charge in [-0.1, -0.05) is 46.8 Å². The monoisotopic (exact) mass is 168 g/mol. The van der Waals surface area contributed by atoms with Gasteiger partial charge in [-0.2, -0.15) is 0 Å². The van der Waals surface area contributed by atoms with Gasteiger partial charge >= 0.3 is 18.9 Å². The Balaban J connectivity index is 0.000000720. The van der Waals surface area contributed by atoms with Crippen molar-refractivity contribution in [2.45, 2.75) is 12.8 Å². The fourth-order valence-corrected chi connectivity index (χ4v) is 3.25. The summed E-state index contributed by atoms with van der Waals surface area (Å²) in [5, 5.41) is 3.39. The molecular weight excluding hydrogens is 155 g/mol. The molecule has 2 aliphatic carbocycles. The topological polar surface area (TPSA) is 0 Å². The van der Waals surface area contributed by atoms with E-state index in [1.54, 1.807) is 10.4 Å². The predicted molar refractivity (Wildman–Crippen MR) is 53.3 cm³/mol. The van der Waals surface area contributed by atoms with Crippen molar-refractivity contribution in [2.24, 2.45) is 0 Å². The first kappa shape index (κ1) is 9.86. The Kier molecular flexibility index (Phi) is 3.87. The van der Waals surface area contributed by atoms with E-state index >= 15 is 0 Å². The molecule has 2 rings (SSSR count). The summed E-state index contributed by atoms with van der Waals surface area (Å²) in [7, 11) is -0.0386. The molecule has 0 heterocycles. The maximum Gasteiger partial charge on any atom is 1.00 e. The summed E-state index contributed by atoms with van der Waals surface area (Å²) in [6.45, 7) is 0. The van der Waals surface area contributed by atoms with Gasteiger partial charge in [0.25, 0.3) is 0 Å². The summed E-state index contributed by atoms with van der Waals surface area (Å²) in [5.74, 6) is 0. The standard InChI is InChI=1S/C10H12Si.Li.H/c1-2-6-9(5-1)11-10-7-3-4-8-10;;/h1-5,7H,6,8,11H2;;/q;+1;-1. The number of allylic oxidation sites excluding steroid dienone is 8. The van der Waals surface area contributed by atoms with Crippen molar-refractivity contribution in [1.29, 1.82) is 0 Å². The number of hydrogen-bond acceptors (Lipinski definition) is 0. The van der Waals surface area contributed by atoms with Gasteiger partial charge in [0.15, 0.2) is 0 Å². The number of rotatable bonds is 2. The van der Waals surface area contributed by atoms with Crippen LogP contribution in [0.25, 0.3) is 0 Å². The second kappa shape index (κ2) is 4.72. The Morgan fingerprint density at radius 1 is 1.00 bits per heavy atom. The van der Waals surface area contributed by atoms with E-state index < -0.39 is 0 Å². The molecular formula is C10H13LiSi. The van der Waals surface area contributed by atoms with E-state index in [9.17, 15) is 0 Å². The van der Waals surface area contributed by atoms with E-state index in [1.807, 2.05) is 0 Å². The van der Waals surface area contributed by atoms with Crippen LogP contribution in [-0.2, 0) is 0 Å². The van der Waals surface area contributed by atoms with E-state index in [-0.39, 0.29) is 29.8 Å². The van der Waals surface area contributed by atoms with Crippen molar-refractivity contribution >= 4 is 9.52 Å². The molecule has 0 aromatic rings. The molecule has 0 saturated heterocycles. The molecule has 0 unspecified atom stereocenters. The predicted octanol–water partition coefficient (Wildman–Crippen LogP) is -1.04. The van der Waals surface area contributed by atoms with Crippen LogP contribution in [0.4, 0.5) is 0 Å². The largest absolute Gasteiger partial charge is 1.00 e. The molecule has 0 aromatic heterocycles. The normalized spacial score (nSPS) is 19.0. The van der Waals surface area contributed by atoms with Crippen LogP contribution >= 0.6 is 0 Å². The molecule has 0 bridgehead atoms. The summed E-state index contributed by atoms with van der Waals surface area (Å²) in [5.41, 5.74) is 0. The third kappa shape index (κ3) is 2.38. The Morgan fingerprint density at radius 3 is 1.83 bits per heavy atom. The third-order valence-corrected chi connectivity index (χ3v) is 4.11. The van der Waals surface area contributed by atoms with Crippen molar-refractivity contribution in [2.75, 3.05) is 0 Å². The van der Waals surface area contributed by atoms with Crippen molar-refractivity contribution in [3.63, 3.8) is 0 Å². The number of hydrogen-bond donors (Lipinski definition) is 0. The van der Waals surface area contributed by atoms with E-state index in [4.69, 9.17) is 0 Å². The second-order valence-electron chi connectivity index (χ2n) is 3.09. The average Bonchev–Trinajstić information content (AvgIpc) is 2.60. The Hall–Kier alpha value is -0.226. The molecule has 58 valence electrons. The minimum Gasteiger partial charge on any atom is -1.00 e. The quantitative estimate of drug-likeness (QED) is 0.462. The summed E-state index contributed by atoms with van der Waals surface area (Å²) >= 11 is 0. The van der Waals surface area contributed by atoms with Crippen LogP contribution in [0.1, 0.15) is 14.3 Å². The molecule has 0 N–H and O–H groups in total. The third-order valence-electron chi connectivity index (χ3n) is 2.15. The smallest absolute Gasteiger partial charge is 1.00 e. The Labute approximate surface area is 89.6 Å². The van der Waals surface area contributed by atoms with Crippen LogP contribution in [-0.4, -0.2) is 9.52 Å². The van der Waals surface area contributed by atoms with Crippen molar-refractivity contribution < 1.29 is 20.3 Å². The Morgan fingerprint density at radius 2 is 1.50 bits per heavy atom. The first-order chi connectivity index (χ1) is 5.45.